The van der Waals surface area contributed by atoms with E-state index >= 15 is 0 Å². The zero-order valence-corrected chi connectivity index (χ0v) is 11.4. The molecule has 1 unspecified atom stereocenters. The number of hydrogen-bond acceptors (Lipinski definition) is 1. The van der Waals surface area contributed by atoms with Crippen LogP contribution in [-0.2, 0) is 0 Å². The van der Waals surface area contributed by atoms with Crippen LogP contribution in [0.15, 0.2) is 36.4 Å². The minimum atomic E-state index is -1.18. The van der Waals surface area contributed by atoms with Crippen LogP contribution in [0.2, 0.25) is 0 Å². The summed E-state index contributed by atoms with van der Waals surface area (Å²) in [4.78, 5) is 0. The Morgan fingerprint density at radius 3 is 2.15 bits per heavy atom. The van der Waals surface area contributed by atoms with Crippen LogP contribution in [0.3, 0.4) is 0 Å². The largest absolute Gasteiger partial charge is 0.306 e. The highest BCUT2D eigenvalue weighted by molar-refractivity contribution is 5.34. The van der Waals surface area contributed by atoms with Crippen molar-refractivity contribution in [1.82, 2.24) is 5.32 Å². The lowest BCUT2D eigenvalue weighted by atomic mass is 9.97. The lowest BCUT2D eigenvalue weighted by Gasteiger charge is -2.20. The van der Waals surface area contributed by atoms with E-state index in [-0.39, 0.29) is 5.56 Å². The van der Waals surface area contributed by atoms with Crippen LogP contribution in [-0.4, -0.2) is 6.54 Å². The van der Waals surface area contributed by atoms with Gasteiger partial charge in [0.25, 0.3) is 0 Å². The first-order valence-electron chi connectivity index (χ1n) is 6.47. The fourth-order valence-electron chi connectivity index (χ4n) is 2.13. The molecule has 0 amide bonds. The normalized spacial score (nSPS) is 12.4. The van der Waals surface area contributed by atoms with Crippen molar-refractivity contribution < 1.29 is 13.2 Å². The minimum absolute atomic E-state index is 0.106. The second-order valence-corrected chi connectivity index (χ2v) is 4.69. The van der Waals surface area contributed by atoms with Crippen molar-refractivity contribution in [1.29, 1.82) is 0 Å². The molecule has 2 rings (SSSR count). The van der Waals surface area contributed by atoms with Gasteiger partial charge >= 0.3 is 0 Å². The molecule has 0 spiro atoms. The zero-order chi connectivity index (χ0) is 14.7. The molecule has 0 radical (unpaired) electrons. The van der Waals surface area contributed by atoms with Crippen LogP contribution in [0, 0.1) is 24.4 Å². The Morgan fingerprint density at radius 1 is 0.950 bits per heavy atom. The van der Waals surface area contributed by atoms with Gasteiger partial charge in [-0.3, -0.25) is 0 Å². The van der Waals surface area contributed by atoms with Crippen LogP contribution < -0.4 is 5.32 Å². The van der Waals surface area contributed by atoms with Gasteiger partial charge in [-0.05, 0) is 25.1 Å². The minimum Gasteiger partial charge on any atom is -0.306 e. The molecule has 2 aromatic rings. The van der Waals surface area contributed by atoms with Gasteiger partial charge in [-0.1, -0.05) is 36.8 Å². The van der Waals surface area contributed by atoms with E-state index in [1.165, 1.54) is 0 Å². The average Bonchev–Trinajstić information content (AvgIpc) is 2.42. The topological polar surface area (TPSA) is 12.0 Å². The van der Waals surface area contributed by atoms with Gasteiger partial charge in [-0.25, -0.2) is 13.2 Å². The lowest BCUT2D eigenvalue weighted by Crippen LogP contribution is -2.23. The summed E-state index contributed by atoms with van der Waals surface area (Å²) in [5.41, 5.74) is 1.99. The lowest BCUT2D eigenvalue weighted by molar-refractivity contribution is 0.481. The van der Waals surface area contributed by atoms with E-state index in [1.54, 1.807) is 0 Å². The molecule has 0 fully saturated rings. The second kappa shape index (κ2) is 6.09. The number of rotatable bonds is 4. The molecule has 0 saturated carbocycles. The zero-order valence-electron chi connectivity index (χ0n) is 11.4. The molecule has 4 heteroatoms. The highest BCUT2D eigenvalue weighted by Gasteiger charge is 2.19. The van der Waals surface area contributed by atoms with Crippen molar-refractivity contribution in [3.63, 3.8) is 0 Å². The second-order valence-electron chi connectivity index (χ2n) is 4.69. The van der Waals surface area contributed by atoms with E-state index in [1.807, 2.05) is 38.1 Å². The Labute approximate surface area is 116 Å². The maximum Gasteiger partial charge on any atom is 0.161 e. The van der Waals surface area contributed by atoms with Gasteiger partial charge in [-0.2, -0.15) is 0 Å². The monoisotopic (exact) mass is 279 g/mol. The van der Waals surface area contributed by atoms with E-state index < -0.39 is 23.5 Å². The Morgan fingerprint density at radius 2 is 1.55 bits per heavy atom. The highest BCUT2D eigenvalue weighted by Crippen LogP contribution is 2.26. The molecule has 0 aliphatic rings. The summed E-state index contributed by atoms with van der Waals surface area (Å²) in [6.07, 6.45) is 0. The Balaban J connectivity index is 2.48. The van der Waals surface area contributed by atoms with E-state index in [4.69, 9.17) is 0 Å². The van der Waals surface area contributed by atoms with Crippen LogP contribution in [0.1, 0.15) is 29.7 Å². The van der Waals surface area contributed by atoms with Crippen molar-refractivity contribution in [3.05, 3.63) is 70.5 Å². The van der Waals surface area contributed by atoms with Gasteiger partial charge in [0.1, 0.15) is 5.82 Å². The van der Waals surface area contributed by atoms with Crippen LogP contribution in [0.4, 0.5) is 13.2 Å². The SMILES string of the molecule is CCNC(c1ccc(C)cc1)c1cc(F)c(F)cc1F. The van der Waals surface area contributed by atoms with Crippen molar-refractivity contribution in [2.75, 3.05) is 6.54 Å². The van der Waals surface area contributed by atoms with Gasteiger partial charge in [0.15, 0.2) is 11.6 Å². The summed E-state index contributed by atoms with van der Waals surface area (Å²) in [5, 5.41) is 3.09. The molecular formula is C16H16F3N. The van der Waals surface area contributed by atoms with Crippen LogP contribution >= 0.6 is 0 Å². The Bertz CT molecular complexity index is 593. The first-order valence-corrected chi connectivity index (χ1v) is 6.47. The first-order chi connectivity index (χ1) is 9.52. The van der Waals surface area contributed by atoms with E-state index in [2.05, 4.69) is 5.32 Å². The third-order valence-corrected chi connectivity index (χ3v) is 3.17. The number of aryl methyl sites for hydroxylation is 1. The summed E-state index contributed by atoms with van der Waals surface area (Å²) >= 11 is 0. The quantitative estimate of drug-likeness (QED) is 0.830. The van der Waals surface area contributed by atoms with E-state index in [9.17, 15) is 13.2 Å². The summed E-state index contributed by atoms with van der Waals surface area (Å²) in [7, 11) is 0. The molecule has 1 atom stereocenters. The standard InChI is InChI=1S/C16H16F3N/c1-3-20-16(11-6-4-10(2)5-7-11)12-8-14(18)15(19)9-13(12)17/h4-9,16,20H,3H2,1-2H3. The molecule has 1 nitrogen and oxygen atoms in total. The summed E-state index contributed by atoms with van der Waals surface area (Å²) < 4.78 is 40.3. The maximum absolute atomic E-state index is 13.9. The van der Waals surface area contributed by atoms with Crippen molar-refractivity contribution >= 4 is 0 Å². The predicted molar refractivity (Wildman–Crippen MR) is 73.0 cm³/mol. The molecule has 0 bridgehead atoms. The molecule has 0 aromatic heterocycles. The van der Waals surface area contributed by atoms with E-state index in [0.717, 1.165) is 17.2 Å². The van der Waals surface area contributed by atoms with Gasteiger partial charge in [0.2, 0.25) is 0 Å². The molecule has 0 aliphatic heterocycles. The predicted octanol–water partition coefficient (Wildman–Crippen LogP) is 4.11. The van der Waals surface area contributed by atoms with Gasteiger partial charge in [0, 0.05) is 11.6 Å². The summed E-state index contributed by atoms with van der Waals surface area (Å²) in [5.74, 6) is -2.97. The highest BCUT2D eigenvalue weighted by atomic mass is 19.2. The number of halogens is 3. The van der Waals surface area contributed by atoms with Crippen molar-refractivity contribution in [3.8, 4) is 0 Å². The fraction of sp³-hybridized carbons (Fsp3) is 0.250. The van der Waals surface area contributed by atoms with Crippen molar-refractivity contribution in [2.24, 2.45) is 0 Å². The summed E-state index contributed by atoms with van der Waals surface area (Å²) in [6.45, 7) is 4.40. The smallest absolute Gasteiger partial charge is 0.161 e. The third kappa shape index (κ3) is 3.02. The first kappa shape index (κ1) is 14.6. The number of hydrogen-bond donors (Lipinski definition) is 1. The number of nitrogens with one attached hydrogen (secondary N) is 1. The molecule has 2 aromatic carbocycles. The van der Waals surface area contributed by atoms with Gasteiger partial charge < -0.3 is 5.32 Å². The number of benzene rings is 2. The van der Waals surface area contributed by atoms with Gasteiger partial charge in [0.05, 0.1) is 6.04 Å². The van der Waals surface area contributed by atoms with Crippen LogP contribution in [0.5, 0.6) is 0 Å². The average molecular weight is 279 g/mol. The van der Waals surface area contributed by atoms with Crippen molar-refractivity contribution in [2.45, 2.75) is 19.9 Å². The maximum atomic E-state index is 13.9. The summed E-state index contributed by atoms with van der Waals surface area (Å²) in [6, 6.07) is 8.50. The molecule has 20 heavy (non-hydrogen) atoms. The molecule has 106 valence electrons. The molecule has 1 N–H and O–H groups in total. The molecule has 0 aliphatic carbocycles. The third-order valence-electron chi connectivity index (χ3n) is 3.17. The molecule has 0 heterocycles. The Kier molecular flexibility index (Phi) is 4.45. The fourth-order valence-corrected chi connectivity index (χ4v) is 2.13. The molecule has 0 saturated heterocycles. The Hall–Kier alpha value is -1.81. The van der Waals surface area contributed by atoms with Crippen LogP contribution in [0.25, 0.3) is 0 Å². The van der Waals surface area contributed by atoms with E-state index in [0.29, 0.717) is 12.6 Å². The molecular weight excluding hydrogens is 263 g/mol. The van der Waals surface area contributed by atoms with Gasteiger partial charge in [-0.15, -0.1) is 0 Å².